The summed E-state index contributed by atoms with van der Waals surface area (Å²) in [6.07, 6.45) is 3.50. The zero-order valence-corrected chi connectivity index (χ0v) is 13.8. The molecule has 2 heteroatoms. The molecule has 0 radical (unpaired) electrons. The van der Waals surface area contributed by atoms with Gasteiger partial charge in [-0.2, -0.15) is 5.10 Å². The molecule has 2 N–H and O–H groups in total. The Kier molecular flexibility index (Phi) is 3.70. The highest BCUT2D eigenvalue weighted by Crippen LogP contribution is 2.46. The molecule has 1 aromatic rings. The molecule has 0 unspecified atom stereocenters. The van der Waals surface area contributed by atoms with Crippen LogP contribution in [0.4, 0.5) is 0 Å². The SMILES string of the molecule is CCc1cc2c(cc1/C(C)=N\N)C(C)(C)CCC2(C)C. The molecule has 1 aromatic carbocycles. The molecule has 0 fully saturated rings. The van der Waals surface area contributed by atoms with Gasteiger partial charge < -0.3 is 5.84 Å². The number of benzene rings is 1. The van der Waals surface area contributed by atoms with E-state index < -0.39 is 0 Å². The normalized spacial score (nSPS) is 20.6. The van der Waals surface area contributed by atoms with Gasteiger partial charge in [-0.15, -0.1) is 0 Å². The van der Waals surface area contributed by atoms with Crippen molar-refractivity contribution in [3.8, 4) is 0 Å². The highest BCUT2D eigenvalue weighted by molar-refractivity contribution is 6.00. The Labute approximate surface area is 123 Å². The van der Waals surface area contributed by atoms with Crippen LogP contribution in [0.1, 0.15) is 76.6 Å². The number of hydrazone groups is 1. The molecule has 0 aliphatic heterocycles. The molecule has 0 saturated heterocycles. The molecule has 110 valence electrons. The number of hydrogen-bond acceptors (Lipinski definition) is 2. The molecule has 0 bridgehead atoms. The van der Waals surface area contributed by atoms with Gasteiger partial charge in [0.05, 0.1) is 5.71 Å². The van der Waals surface area contributed by atoms with Crippen molar-refractivity contribution >= 4 is 5.71 Å². The van der Waals surface area contributed by atoms with Gasteiger partial charge in [-0.05, 0) is 59.8 Å². The molecular formula is C18H28N2. The summed E-state index contributed by atoms with van der Waals surface area (Å²) in [6.45, 7) is 13.6. The molecule has 20 heavy (non-hydrogen) atoms. The van der Waals surface area contributed by atoms with Crippen LogP contribution < -0.4 is 5.84 Å². The maximum atomic E-state index is 5.51. The van der Waals surface area contributed by atoms with Gasteiger partial charge in [-0.1, -0.05) is 40.7 Å². The second-order valence-corrected chi connectivity index (χ2v) is 7.39. The van der Waals surface area contributed by atoms with Crippen molar-refractivity contribution in [2.45, 2.75) is 71.6 Å². The van der Waals surface area contributed by atoms with E-state index in [1.165, 1.54) is 35.1 Å². The number of nitrogens with two attached hydrogens (primary N) is 1. The lowest BCUT2D eigenvalue weighted by Crippen LogP contribution is -2.34. The highest BCUT2D eigenvalue weighted by atomic mass is 15.1. The van der Waals surface area contributed by atoms with Gasteiger partial charge in [-0.3, -0.25) is 0 Å². The number of hydrogen-bond donors (Lipinski definition) is 1. The van der Waals surface area contributed by atoms with E-state index in [2.05, 4.69) is 51.9 Å². The Morgan fingerprint density at radius 1 is 1.10 bits per heavy atom. The lowest BCUT2D eigenvalue weighted by molar-refractivity contribution is 0.331. The first-order valence-corrected chi connectivity index (χ1v) is 7.65. The minimum Gasteiger partial charge on any atom is -0.323 e. The highest BCUT2D eigenvalue weighted by Gasteiger charge is 2.37. The molecule has 1 aliphatic rings. The van der Waals surface area contributed by atoms with Crippen LogP contribution in [0, 0.1) is 0 Å². The first-order chi connectivity index (χ1) is 9.23. The maximum Gasteiger partial charge on any atom is 0.0644 e. The third-order valence-corrected chi connectivity index (χ3v) is 5.04. The number of rotatable bonds is 2. The molecule has 0 saturated carbocycles. The van der Waals surface area contributed by atoms with E-state index in [9.17, 15) is 0 Å². The number of fused-ring (bicyclic) bond motifs is 1. The van der Waals surface area contributed by atoms with E-state index in [0.717, 1.165) is 12.1 Å². The Morgan fingerprint density at radius 3 is 2.05 bits per heavy atom. The van der Waals surface area contributed by atoms with Gasteiger partial charge in [0.15, 0.2) is 0 Å². The summed E-state index contributed by atoms with van der Waals surface area (Å²) in [4.78, 5) is 0. The van der Waals surface area contributed by atoms with Crippen molar-refractivity contribution in [3.63, 3.8) is 0 Å². The summed E-state index contributed by atoms with van der Waals surface area (Å²) >= 11 is 0. The standard InChI is InChI=1S/C18H28N2/c1-7-13-10-15-16(11-14(13)12(2)20-19)18(5,6)9-8-17(15,3)4/h10-11H,7-9,19H2,1-6H3/b20-12-. The van der Waals surface area contributed by atoms with Crippen LogP contribution in [0.25, 0.3) is 0 Å². The van der Waals surface area contributed by atoms with Gasteiger partial charge in [0.1, 0.15) is 0 Å². The molecule has 1 aliphatic carbocycles. The van der Waals surface area contributed by atoms with Crippen LogP contribution in [0.3, 0.4) is 0 Å². The second-order valence-electron chi connectivity index (χ2n) is 7.39. The second kappa shape index (κ2) is 4.91. The van der Waals surface area contributed by atoms with E-state index in [4.69, 9.17) is 5.84 Å². The van der Waals surface area contributed by atoms with Gasteiger partial charge in [-0.25, -0.2) is 0 Å². The topological polar surface area (TPSA) is 38.4 Å². The van der Waals surface area contributed by atoms with Crippen molar-refractivity contribution in [1.82, 2.24) is 0 Å². The van der Waals surface area contributed by atoms with Crippen LogP contribution in [-0.2, 0) is 17.3 Å². The number of aryl methyl sites for hydroxylation is 1. The van der Waals surface area contributed by atoms with Crippen LogP contribution in [0.2, 0.25) is 0 Å². The van der Waals surface area contributed by atoms with Crippen molar-refractivity contribution in [3.05, 3.63) is 34.4 Å². The monoisotopic (exact) mass is 272 g/mol. The molecule has 0 aromatic heterocycles. The largest absolute Gasteiger partial charge is 0.323 e. The average molecular weight is 272 g/mol. The smallest absolute Gasteiger partial charge is 0.0644 e. The quantitative estimate of drug-likeness (QED) is 0.487. The van der Waals surface area contributed by atoms with Crippen molar-refractivity contribution < 1.29 is 0 Å². The minimum atomic E-state index is 0.237. The van der Waals surface area contributed by atoms with Gasteiger partial charge in [0.25, 0.3) is 0 Å². The van der Waals surface area contributed by atoms with E-state index in [0.29, 0.717) is 0 Å². The molecule has 0 heterocycles. The summed E-state index contributed by atoms with van der Waals surface area (Å²) in [5, 5.41) is 3.92. The van der Waals surface area contributed by atoms with Crippen LogP contribution >= 0.6 is 0 Å². The molecule has 0 atom stereocenters. The average Bonchev–Trinajstić information content (AvgIpc) is 2.42. The predicted molar refractivity (Wildman–Crippen MR) is 87.5 cm³/mol. The lowest BCUT2D eigenvalue weighted by Gasteiger charge is -2.42. The van der Waals surface area contributed by atoms with E-state index >= 15 is 0 Å². The fraction of sp³-hybridized carbons (Fsp3) is 0.611. The third-order valence-electron chi connectivity index (χ3n) is 5.04. The fourth-order valence-corrected chi connectivity index (χ4v) is 3.36. The molecule has 0 amide bonds. The van der Waals surface area contributed by atoms with E-state index in [1.807, 2.05) is 6.92 Å². The van der Waals surface area contributed by atoms with Crippen molar-refractivity contribution in [2.24, 2.45) is 10.9 Å². The minimum absolute atomic E-state index is 0.237. The Bertz CT molecular complexity index is 551. The number of nitrogens with zero attached hydrogens (tertiary/aromatic N) is 1. The fourth-order valence-electron chi connectivity index (χ4n) is 3.36. The lowest BCUT2D eigenvalue weighted by atomic mass is 9.62. The third kappa shape index (κ3) is 2.36. The molecule has 2 rings (SSSR count). The summed E-state index contributed by atoms with van der Waals surface area (Å²) in [5.41, 5.74) is 7.01. The first kappa shape index (κ1) is 15.1. The van der Waals surface area contributed by atoms with Gasteiger partial charge in [0, 0.05) is 5.56 Å². The molecular weight excluding hydrogens is 244 g/mol. The van der Waals surface area contributed by atoms with Gasteiger partial charge >= 0.3 is 0 Å². The Morgan fingerprint density at radius 2 is 1.60 bits per heavy atom. The van der Waals surface area contributed by atoms with Crippen LogP contribution in [0.15, 0.2) is 17.2 Å². The summed E-state index contributed by atoms with van der Waals surface area (Å²) in [7, 11) is 0. The molecule has 2 nitrogen and oxygen atoms in total. The maximum absolute atomic E-state index is 5.51. The van der Waals surface area contributed by atoms with Crippen molar-refractivity contribution in [2.75, 3.05) is 0 Å². The predicted octanol–water partition coefficient (Wildman–Crippen LogP) is 4.28. The Balaban J connectivity index is 2.74. The summed E-state index contributed by atoms with van der Waals surface area (Å²) in [6, 6.07) is 4.75. The zero-order chi connectivity index (χ0) is 15.1. The van der Waals surface area contributed by atoms with E-state index in [1.54, 1.807) is 0 Å². The Hall–Kier alpha value is -1.31. The van der Waals surface area contributed by atoms with E-state index in [-0.39, 0.29) is 10.8 Å². The molecule has 0 spiro atoms. The van der Waals surface area contributed by atoms with Crippen LogP contribution in [-0.4, -0.2) is 5.71 Å². The first-order valence-electron chi connectivity index (χ1n) is 7.65. The van der Waals surface area contributed by atoms with Crippen molar-refractivity contribution in [1.29, 1.82) is 0 Å². The van der Waals surface area contributed by atoms with Gasteiger partial charge in [0.2, 0.25) is 0 Å². The van der Waals surface area contributed by atoms with Crippen LogP contribution in [0.5, 0.6) is 0 Å². The zero-order valence-electron chi connectivity index (χ0n) is 13.8. The summed E-state index contributed by atoms with van der Waals surface area (Å²) < 4.78 is 0. The summed E-state index contributed by atoms with van der Waals surface area (Å²) in [5.74, 6) is 5.51.